The number of piperidine rings is 1. The molecule has 3 nitrogen and oxygen atoms in total. The van der Waals surface area contributed by atoms with Crippen molar-refractivity contribution in [3.63, 3.8) is 0 Å². The maximum absolute atomic E-state index is 12.1. The number of nitrogens with one attached hydrogen (secondary N) is 1. The second kappa shape index (κ2) is 4.09. The Kier molecular flexibility index (Phi) is 2.67. The van der Waals surface area contributed by atoms with E-state index >= 15 is 0 Å². The third-order valence-electron chi connectivity index (χ3n) is 4.53. The molecule has 2 fully saturated rings. The second-order valence-corrected chi connectivity index (χ2v) is 5.93. The SMILES string of the molecule is CC1(C)[C@@H]2[C@@H](C(=O)OCc3ccccc3)NC[C@@H]21. The highest BCUT2D eigenvalue weighted by Gasteiger charge is 2.66. The van der Waals surface area contributed by atoms with Crippen LogP contribution in [-0.2, 0) is 16.1 Å². The van der Waals surface area contributed by atoms with Crippen LogP contribution in [0, 0.1) is 17.3 Å². The van der Waals surface area contributed by atoms with Crippen molar-refractivity contribution in [1.82, 2.24) is 5.32 Å². The van der Waals surface area contributed by atoms with Crippen LogP contribution in [0.4, 0.5) is 0 Å². The molecule has 1 aromatic rings. The number of rotatable bonds is 3. The molecule has 1 saturated heterocycles. The van der Waals surface area contributed by atoms with Gasteiger partial charge in [-0.15, -0.1) is 0 Å². The third kappa shape index (κ3) is 1.83. The molecular formula is C15H19NO2. The standard InChI is InChI=1S/C15H19NO2/c1-15(2)11-8-16-13(12(11)15)14(17)18-9-10-6-4-3-5-7-10/h3-7,11-13,16H,8-9H2,1-2H3/t11-,12-,13-/m0/s1. The number of hydrogen-bond donors (Lipinski definition) is 1. The van der Waals surface area contributed by atoms with E-state index in [4.69, 9.17) is 4.74 Å². The van der Waals surface area contributed by atoms with Gasteiger partial charge >= 0.3 is 5.97 Å². The molecule has 2 aliphatic rings. The molecule has 0 unspecified atom stereocenters. The van der Waals surface area contributed by atoms with E-state index in [1.54, 1.807) is 0 Å². The van der Waals surface area contributed by atoms with Crippen molar-refractivity contribution in [3.8, 4) is 0 Å². The highest BCUT2D eigenvalue weighted by atomic mass is 16.5. The Morgan fingerprint density at radius 3 is 2.72 bits per heavy atom. The van der Waals surface area contributed by atoms with Gasteiger partial charge in [0.25, 0.3) is 0 Å². The molecule has 3 atom stereocenters. The molecule has 18 heavy (non-hydrogen) atoms. The van der Waals surface area contributed by atoms with Crippen LogP contribution in [0.5, 0.6) is 0 Å². The Morgan fingerprint density at radius 1 is 1.39 bits per heavy atom. The summed E-state index contributed by atoms with van der Waals surface area (Å²) in [6.45, 7) is 5.79. The van der Waals surface area contributed by atoms with Gasteiger partial charge in [0.15, 0.2) is 0 Å². The van der Waals surface area contributed by atoms with E-state index in [0.717, 1.165) is 12.1 Å². The fourth-order valence-electron chi connectivity index (χ4n) is 3.27. The molecule has 96 valence electrons. The van der Waals surface area contributed by atoms with Crippen molar-refractivity contribution in [2.24, 2.45) is 17.3 Å². The maximum Gasteiger partial charge on any atom is 0.323 e. The van der Waals surface area contributed by atoms with E-state index in [2.05, 4.69) is 19.2 Å². The summed E-state index contributed by atoms with van der Waals surface area (Å²) < 4.78 is 5.40. The topological polar surface area (TPSA) is 38.3 Å². The molecule has 0 spiro atoms. The average molecular weight is 245 g/mol. The maximum atomic E-state index is 12.1. The predicted molar refractivity (Wildman–Crippen MR) is 68.8 cm³/mol. The van der Waals surface area contributed by atoms with Crippen LogP contribution < -0.4 is 5.32 Å². The minimum Gasteiger partial charge on any atom is -0.460 e. The van der Waals surface area contributed by atoms with Crippen molar-refractivity contribution in [1.29, 1.82) is 0 Å². The monoisotopic (exact) mass is 245 g/mol. The lowest BCUT2D eigenvalue weighted by Gasteiger charge is -2.17. The summed E-state index contributed by atoms with van der Waals surface area (Å²) in [5.41, 5.74) is 1.34. The summed E-state index contributed by atoms with van der Waals surface area (Å²) >= 11 is 0. The van der Waals surface area contributed by atoms with Gasteiger partial charge in [0.2, 0.25) is 0 Å². The van der Waals surface area contributed by atoms with Crippen LogP contribution in [0.1, 0.15) is 19.4 Å². The Hall–Kier alpha value is -1.35. The lowest BCUT2D eigenvalue weighted by molar-refractivity contribution is -0.148. The molecule has 0 aromatic heterocycles. The summed E-state index contributed by atoms with van der Waals surface area (Å²) in [7, 11) is 0. The van der Waals surface area contributed by atoms with Crippen LogP contribution in [0.15, 0.2) is 30.3 Å². The van der Waals surface area contributed by atoms with E-state index in [9.17, 15) is 4.79 Å². The van der Waals surface area contributed by atoms with E-state index < -0.39 is 0 Å². The fraction of sp³-hybridized carbons (Fsp3) is 0.533. The summed E-state index contributed by atoms with van der Waals surface area (Å²) in [6.07, 6.45) is 0. The molecular weight excluding hydrogens is 226 g/mol. The van der Waals surface area contributed by atoms with Crippen molar-refractivity contribution >= 4 is 5.97 Å². The summed E-state index contributed by atoms with van der Waals surface area (Å²) in [6, 6.07) is 9.71. The molecule has 1 aliphatic carbocycles. The molecule has 0 bridgehead atoms. The lowest BCUT2D eigenvalue weighted by Crippen LogP contribution is -2.38. The first-order valence-corrected chi connectivity index (χ1v) is 6.54. The minimum absolute atomic E-state index is 0.100. The number of ether oxygens (including phenoxy) is 1. The van der Waals surface area contributed by atoms with E-state index in [1.165, 1.54) is 0 Å². The molecule has 1 saturated carbocycles. The van der Waals surface area contributed by atoms with Crippen LogP contribution in [0.2, 0.25) is 0 Å². The van der Waals surface area contributed by atoms with Crippen LogP contribution in [0.25, 0.3) is 0 Å². The quantitative estimate of drug-likeness (QED) is 0.827. The highest BCUT2D eigenvalue weighted by Crippen LogP contribution is 2.62. The van der Waals surface area contributed by atoms with Crippen LogP contribution in [0.3, 0.4) is 0 Å². The van der Waals surface area contributed by atoms with E-state index in [-0.39, 0.29) is 12.0 Å². The van der Waals surface area contributed by atoms with E-state index in [0.29, 0.717) is 23.9 Å². The van der Waals surface area contributed by atoms with Crippen LogP contribution >= 0.6 is 0 Å². The van der Waals surface area contributed by atoms with E-state index in [1.807, 2.05) is 30.3 Å². The summed E-state index contributed by atoms with van der Waals surface area (Å²) in [5.74, 6) is 1.00. The molecule has 0 radical (unpaired) electrons. The Bertz CT molecular complexity index is 455. The molecule has 1 aliphatic heterocycles. The number of hydrogen-bond acceptors (Lipinski definition) is 3. The first kappa shape index (κ1) is 11.7. The normalized spacial score (nSPS) is 31.8. The molecule has 0 amide bonds. The van der Waals surface area contributed by atoms with Gasteiger partial charge in [-0.1, -0.05) is 44.2 Å². The number of esters is 1. The van der Waals surface area contributed by atoms with Crippen molar-refractivity contribution in [2.75, 3.05) is 6.54 Å². The van der Waals surface area contributed by atoms with Crippen molar-refractivity contribution < 1.29 is 9.53 Å². The Morgan fingerprint density at radius 2 is 2.11 bits per heavy atom. The first-order chi connectivity index (χ1) is 8.60. The van der Waals surface area contributed by atoms with Gasteiger partial charge in [0.05, 0.1) is 0 Å². The summed E-state index contributed by atoms with van der Waals surface area (Å²) in [5, 5.41) is 3.27. The van der Waals surface area contributed by atoms with Gasteiger partial charge in [-0.2, -0.15) is 0 Å². The molecule has 3 rings (SSSR count). The van der Waals surface area contributed by atoms with Crippen molar-refractivity contribution in [2.45, 2.75) is 26.5 Å². The lowest BCUT2D eigenvalue weighted by atomic mass is 10.0. The predicted octanol–water partition coefficient (Wildman–Crippen LogP) is 1.97. The van der Waals surface area contributed by atoms with Gasteiger partial charge in [-0.25, -0.2) is 0 Å². The van der Waals surface area contributed by atoms with Crippen molar-refractivity contribution in [3.05, 3.63) is 35.9 Å². The minimum atomic E-state index is -0.103. The fourth-order valence-corrected chi connectivity index (χ4v) is 3.27. The zero-order valence-electron chi connectivity index (χ0n) is 10.8. The van der Waals surface area contributed by atoms with Gasteiger partial charge in [-0.05, 0) is 29.4 Å². The largest absolute Gasteiger partial charge is 0.460 e. The number of carbonyl (C=O) groups excluding carboxylic acids is 1. The molecule has 1 heterocycles. The Balaban J connectivity index is 1.57. The number of fused-ring (bicyclic) bond motifs is 1. The van der Waals surface area contributed by atoms with Crippen LogP contribution in [-0.4, -0.2) is 18.6 Å². The van der Waals surface area contributed by atoms with Gasteiger partial charge in [0, 0.05) is 0 Å². The zero-order chi connectivity index (χ0) is 12.8. The smallest absolute Gasteiger partial charge is 0.323 e. The highest BCUT2D eigenvalue weighted by molar-refractivity contribution is 5.78. The molecule has 1 aromatic carbocycles. The molecule has 1 N–H and O–H groups in total. The number of carbonyl (C=O) groups is 1. The van der Waals surface area contributed by atoms with Gasteiger partial charge in [-0.3, -0.25) is 4.79 Å². The first-order valence-electron chi connectivity index (χ1n) is 6.54. The Labute approximate surface area is 108 Å². The summed E-state index contributed by atoms with van der Waals surface area (Å²) in [4.78, 5) is 12.1. The number of benzene rings is 1. The van der Waals surface area contributed by atoms with Gasteiger partial charge < -0.3 is 10.1 Å². The average Bonchev–Trinajstić information content (AvgIpc) is 2.78. The third-order valence-corrected chi connectivity index (χ3v) is 4.53. The molecule has 3 heteroatoms. The second-order valence-electron chi connectivity index (χ2n) is 5.93. The zero-order valence-corrected chi connectivity index (χ0v) is 10.8. The van der Waals surface area contributed by atoms with Gasteiger partial charge in [0.1, 0.15) is 12.6 Å².